The molecular formula is C14H17NO2. The maximum atomic E-state index is 10.4. The van der Waals surface area contributed by atoms with Crippen molar-refractivity contribution >= 4 is 10.8 Å². The summed E-state index contributed by atoms with van der Waals surface area (Å²) in [5.74, 6) is 0. The first-order valence-corrected chi connectivity index (χ1v) is 5.62. The molecule has 0 aliphatic heterocycles. The highest BCUT2D eigenvalue weighted by Crippen LogP contribution is 2.32. The molecule has 0 radical (unpaired) electrons. The Morgan fingerprint density at radius 1 is 1.24 bits per heavy atom. The Bertz CT molecular complexity index is 517. The molecule has 3 heteroatoms. The van der Waals surface area contributed by atoms with Gasteiger partial charge in [0, 0.05) is 30.5 Å². The smallest absolute Gasteiger partial charge is 0.109 e. The summed E-state index contributed by atoms with van der Waals surface area (Å²) >= 11 is 0. The number of aliphatic hydroxyl groups excluding tert-OH is 1. The molecule has 1 atom stereocenters. The number of aromatic nitrogens is 1. The van der Waals surface area contributed by atoms with Crippen LogP contribution in [-0.2, 0) is 4.74 Å². The van der Waals surface area contributed by atoms with Gasteiger partial charge in [-0.05, 0) is 19.2 Å². The molecule has 0 amide bonds. The minimum atomic E-state index is -0.703. The molecule has 0 spiro atoms. The number of benzene rings is 1. The first-order chi connectivity index (χ1) is 8.06. The number of methoxy groups -OCH3 is 1. The molecule has 0 saturated heterocycles. The van der Waals surface area contributed by atoms with E-state index in [1.54, 1.807) is 19.5 Å². The first kappa shape index (κ1) is 12.0. The fourth-order valence-corrected chi connectivity index (χ4v) is 1.84. The highest BCUT2D eigenvalue weighted by atomic mass is 16.5. The van der Waals surface area contributed by atoms with Crippen molar-refractivity contribution < 1.29 is 9.84 Å². The molecule has 0 fully saturated rings. The van der Waals surface area contributed by atoms with Crippen LogP contribution in [0.5, 0.6) is 0 Å². The van der Waals surface area contributed by atoms with Gasteiger partial charge in [-0.15, -0.1) is 0 Å². The molecule has 1 aromatic heterocycles. The lowest BCUT2D eigenvalue weighted by atomic mass is 9.92. The van der Waals surface area contributed by atoms with Crippen molar-refractivity contribution in [3.8, 4) is 0 Å². The van der Waals surface area contributed by atoms with Crippen LogP contribution >= 0.6 is 0 Å². The van der Waals surface area contributed by atoms with Gasteiger partial charge in [-0.1, -0.05) is 24.3 Å². The van der Waals surface area contributed by atoms with Crippen molar-refractivity contribution in [2.45, 2.75) is 25.6 Å². The number of pyridine rings is 1. The normalized spacial score (nSPS) is 13.9. The highest BCUT2D eigenvalue weighted by Gasteiger charge is 2.30. The SMILES string of the molecule is COC(C)(C)C(O)c1cncc2ccccc12. The van der Waals surface area contributed by atoms with E-state index in [4.69, 9.17) is 4.74 Å². The van der Waals surface area contributed by atoms with E-state index in [1.165, 1.54) is 0 Å². The second-order valence-corrected chi connectivity index (χ2v) is 4.66. The number of hydrogen-bond acceptors (Lipinski definition) is 3. The summed E-state index contributed by atoms with van der Waals surface area (Å²) < 4.78 is 5.32. The van der Waals surface area contributed by atoms with Crippen LogP contribution in [0.1, 0.15) is 25.5 Å². The van der Waals surface area contributed by atoms with Gasteiger partial charge in [-0.3, -0.25) is 4.98 Å². The molecule has 2 aromatic rings. The molecule has 1 N–H and O–H groups in total. The van der Waals surface area contributed by atoms with Crippen molar-refractivity contribution in [3.05, 3.63) is 42.2 Å². The van der Waals surface area contributed by atoms with E-state index < -0.39 is 11.7 Å². The van der Waals surface area contributed by atoms with E-state index in [-0.39, 0.29) is 0 Å². The maximum absolute atomic E-state index is 10.4. The predicted octanol–water partition coefficient (Wildman–Crippen LogP) is 2.69. The lowest BCUT2D eigenvalue weighted by Gasteiger charge is -2.29. The zero-order valence-corrected chi connectivity index (χ0v) is 10.3. The van der Waals surface area contributed by atoms with Gasteiger partial charge in [0.05, 0.1) is 5.60 Å². The Morgan fingerprint density at radius 2 is 1.94 bits per heavy atom. The van der Waals surface area contributed by atoms with Crippen molar-refractivity contribution in [1.29, 1.82) is 0 Å². The van der Waals surface area contributed by atoms with Crippen LogP contribution in [0.25, 0.3) is 10.8 Å². The average Bonchev–Trinajstić information content (AvgIpc) is 2.37. The third-order valence-corrected chi connectivity index (χ3v) is 3.18. The van der Waals surface area contributed by atoms with E-state index in [9.17, 15) is 5.11 Å². The fourth-order valence-electron chi connectivity index (χ4n) is 1.84. The summed E-state index contributed by atoms with van der Waals surface area (Å²) in [4.78, 5) is 4.17. The van der Waals surface area contributed by atoms with Gasteiger partial charge in [-0.2, -0.15) is 0 Å². The molecule has 1 unspecified atom stereocenters. The summed E-state index contributed by atoms with van der Waals surface area (Å²) in [5, 5.41) is 12.4. The predicted molar refractivity (Wildman–Crippen MR) is 67.8 cm³/mol. The van der Waals surface area contributed by atoms with E-state index in [0.717, 1.165) is 16.3 Å². The van der Waals surface area contributed by atoms with E-state index in [1.807, 2.05) is 38.1 Å². The van der Waals surface area contributed by atoms with Gasteiger partial charge >= 0.3 is 0 Å². The molecule has 0 aliphatic carbocycles. The largest absolute Gasteiger partial charge is 0.385 e. The quantitative estimate of drug-likeness (QED) is 0.883. The van der Waals surface area contributed by atoms with Gasteiger partial charge in [0.15, 0.2) is 0 Å². The van der Waals surface area contributed by atoms with Gasteiger partial charge in [0.1, 0.15) is 6.10 Å². The number of aliphatic hydroxyl groups is 1. The molecular weight excluding hydrogens is 214 g/mol. The molecule has 17 heavy (non-hydrogen) atoms. The summed E-state index contributed by atoms with van der Waals surface area (Å²) in [7, 11) is 1.60. The molecule has 0 saturated carbocycles. The van der Waals surface area contributed by atoms with Crippen LogP contribution in [0, 0.1) is 0 Å². The van der Waals surface area contributed by atoms with Gasteiger partial charge in [-0.25, -0.2) is 0 Å². The van der Waals surface area contributed by atoms with Crippen LogP contribution in [0.2, 0.25) is 0 Å². The first-order valence-electron chi connectivity index (χ1n) is 5.62. The Labute approximate surface area is 101 Å². The average molecular weight is 231 g/mol. The van der Waals surface area contributed by atoms with Crippen LogP contribution in [0.3, 0.4) is 0 Å². The maximum Gasteiger partial charge on any atom is 0.109 e. The minimum absolute atomic E-state index is 0.633. The van der Waals surface area contributed by atoms with Gasteiger partial charge in [0.25, 0.3) is 0 Å². The lowest BCUT2D eigenvalue weighted by Crippen LogP contribution is -2.31. The number of nitrogens with zero attached hydrogens (tertiary/aromatic N) is 1. The van der Waals surface area contributed by atoms with Crippen LogP contribution in [0.4, 0.5) is 0 Å². The molecule has 0 aliphatic rings. The Kier molecular flexibility index (Phi) is 3.13. The van der Waals surface area contributed by atoms with Crippen molar-refractivity contribution in [2.24, 2.45) is 0 Å². The van der Waals surface area contributed by atoms with Crippen molar-refractivity contribution in [2.75, 3.05) is 7.11 Å². The zero-order chi connectivity index (χ0) is 12.5. The van der Waals surface area contributed by atoms with Crippen molar-refractivity contribution in [3.63, 3.8) is 0 Å². The van der Waals surface area contributed by atoms with Crippen molar-refractivity contribution in [1.82, 2.24) is 4.98 Å². The minimum Gasteiger partial charge on any atom is -0.385 e. The van der Waals surface area contributed by atoms with E-state index >= 15 is 0 Å². The third-order valence-electron chi connectivity index (χ3n) is 3.18. The highest BCUT2D eigenvalue weighted by molar-refractivity contribution is 5.85. The number of fused-ring (bicyclic) bond motifs is 1. The standard InChI is InChI=1S/C14H17NO2/c1-14(2,17-3)13(16)12-9-15-8-10-6-4-5-7-11(10)12/h4-9,13,16H,1-3H3. The number of ether oxygens (including phenoxy) is 1. The molecule has 3 nitrogen and oxygen atoms in total. The molecule has 1 aromatic carbocycles. The summed E-state index contributed by atoms with van der Waals surface area (Å²) in [6, 6.07) is 7.89. The third kappa shape index (κ3) is 2.16. The number of hydrogen-bond donors (Lipinski definition) is 1. The molecule has 2 rings (SSSR count). The molecule has 1 heterocycles. The summed E-state index contributed by atoms with van der Waals surface area (Å²) in [6.07, 6.45) is 2.80. The van der Waals surface area contributed by atoms with Crippen LogP contribution < -0.4 is 0 Å². The van der Waals surface area contributed by atoms with Gasteiger partial charge in [0.2, 0.25) is 0 Å². The summed E-state index contributed by atoms with van der Waals surface area (Å²) in [6.45, 7) is 3.72. The Hall–Kier alpha value is -1.45. The molecule has 90 valence electrons. The van der Waals surface area contributed by atoms with E-state index in [0.29, 0.717) is 0 Å². The van der Waals surface area contributed by atoms with Crippen LogP contribution in [-0.4, -0.2) is 22.8 Å². The lowest BCUT2D eigenvalue weighted by molar-refractivity contribution is -0.0788. The second-order valence-electron chi connectivity index (χ2n) is 4.66. The molecule has 0 bridgehead atoms. The van der Waals surface area contributed by atoms with Gasteiger partial charge < -0.3 is 9.84 Å². The Balaban J connectivity index is 2.56. The number of rotatable bonds is 3. The second kappa shape index (κ2) is 4.43. The monoisotopic (exact) mass is 231 g/mol. The van der Waals surface area contributed by atoms with Crippen LogP contribution in [0.15, 0.2) is 36.7 Å². The fraction of sp³-hybridized carbons (Fsp3) is 0.357. The van der Waals surface area contributed by atoms with E-state index in [2.05, 4.69) is 4.98 Å². The Morgan fingerprint density at radius 3 is 2.65 bits per heavy atom. The zero-order valence-electron chi connectivity index (χ0n) is 10.3. The summed E-state index contributed by atoms with van der Waals surface area (Å²) in [5.41, 5.74) is 0.168. The topological polar surface area (TPSA) is 42.4 Å².